The normalized spacial score (nSPS) is 42.0. The van der Waals surface area contributed by atoms with Gasteiger partial charge < -0.3 is 0 Å². The van der Waals surface area contributed by atoms with Crippen LogP contribution in [0.15, 0.2) is 0 Å². The fourth-order valence-corrected chi connectivity index (χ4v) is 2.87. The van der Waals surface area contributed by atoms with Crippen LogP contribution < -0.4 is 0 Å². The first-order chi connectivity index (χ1) is 5.20. The Kier molecular flexibility index (Phi) is 1.74. The number of fused-ring (bicyclic) bond motifs is 1. The first-order valence-electron chi connectivity index (χ1n) is 5.20. The van der Waals surface area contributed by atoms with Gasteiger partial charge in [0.15, 0.2) is 0 Å². The summed E-state index contributed by atoms with van der Waals surface area (Å²) in [6, 6.07) is 0. The number of hydrogen-bond acceptors (Lipinski definition) is 0. The highest BCUT2D eigenvalue weighted by Gasteiger charge is 2.46. The van der Waals surface area contributed by atoms with Crippen LogP contribution in [0.25, 0.3) is 0 Å². The zero-order valence-corrected chi connectivity index (χ0v) is 7.90. The van der Waals surface area contributed by atoms with E-state index in [0.717, 1.165) is 11.8 Å². The minimum atomic E-state index is 0.686. The third kappa shape index (κ3) is 1.45. The van der Waals surface area contributed by atoms with E-state index in [9.17, 15) is 0 Å². The van der Waals surface area contributed by atoms with Crippen molar-refractivity contribution in [2.45, 2.75) is 52.4 Å². The fourth-order valence-electron chi connectivity index (χ4n) is 2.87. The van der Waals surface area contributed by atoms with E-state index in [4.69, 9.17) is 0 Å². The van der Waals surface area contributed by atoms with E-state index in [-0.39, 0.29) is 0 Å². The smallest absolute Gasteiger partial charge is 0.0323 e. The van der Waals surface area contributed by atoms with Crippen molar-refractivity contribution in [3.05, 3.63) is 0 Å². The molecule has 64 valence electrons. The van der Waals surface area contributed by atoms with Gasteiger partial charge in [0.1, 0.15) is 0 Å². The van der Waals surface area contributed by atoms with Crippen molar-refractivity contribution in [2.24, 2.45) is 17.3 Å². The summed E-state index contributed by atoms with van der Waals surface area (Å²) in [6.07, 6.45) is 9.05. The van der Waals surface area contributed by atoms with Crippen molar-refractivity contribution in [2.75, 3.05) is 0 Å². The minimum Gasteiger partial charge on any atom is -0.0596 e. The van der Waals surface area contributed by atoms with E-state index < -0.39 is 0 Å². The van der Waals surface area contributed by atoms with Crippen molar-refractivity contribution in [3.63, 3.8) is 0 Å². The molecular weight excluding hydrogens is 132 g/mol. The lowest BCUT2D eigenvalue weighted by molar-refractivity contribution is 0.241. The van der Waals surface area contributed by atoms with Crippen LogP contribution in [0.2, 0.25) is 0 Å². The van der Waals surface area contributed by atoms with Crippen LogP contribution in [-0.2, 0) is 0 Å². The van der Waals surface area contributed by atoms with Crippen LogP contribution in [0, 0.1) is 17.3 Å². The third-order valence-electron chi connectivity index (χ3n) is 3.82. The summed E-state index contributed by atoms with van der Waals surface area (Å²) in [7, 11) is 0. The van der Waals surface area contributed by atoms with Crippen LogP contribution in [-0.4, -0.2) is 0 Å². The lowest BCUT2D eigenvalue weighted by Gasteiger charge is -2.26. The largest absolute Gasteiger partial charge is 0.0596 e. The molecule has 0 N–H and O–H groups in total. The number of hydrogen-bond donors (Lipinski definition) is 0. The van der Waals surface area contributed by atoms with Crippen molar-refractivity contribution < 1.29 is 0 Å². The Hall–Kier alpha value is 0. The molecule has 2 fully saturated rings. The molecule has 0 nitrogen and oxygen atoms in total. The molecule has 11 heavy (non-hydrogen) atoms. The second-order valence-corrected chi connectivity index (χ2v) is 5.19. The molecule has 0 spiro atoms. The maximum Gasteiger partial charge on any atom is -0.0323 e. The average Bonchev–Trinajstić information content (AvgIpc) is 2.63. The van der Waals surface area contributed by atoms with E-state index in [1.165, 1.54) is 32.1 Å². The van der Waals surface area contributed by atoms with Gasteiger partial charge in [0, 0.05) is 0 Å². The molecule has 0 radical (unpaired) electrons. The predicted molar refractivity (Wildman–Crippen MR) is 48.5 cm³/mol. The second kappa shape index (κ2) is 2.50. The zero-order valence-electron chi connectivity index (χ0n) is 7.90. The Morgan fingerprint density at radius 2 is 1.91 bits per heavy atom. The summed E-state index contributed by atoms with van der Waals surface area (Å²) >= 11 is 0. The summed E-state index contributed by atoms with van der Waals surface area (Å²) in [5.74, 6) is 2.23. The van der Waals surface area contributed by atoms with Gasteiger partial charge >= 0.3 is 0 Å². The lowest BCUT2D eigenvalue weighted by Crippen LogP contribution is -2.16. The molecular formula is C11H20. The predicted octanol–water partition coefficient (Wildman–Crippen LogP) is 3.61. The molecule has 0 heterocycles. The van der Waals surface area contributed by atoms with Crippen molar-refractivity contribution >= 4 is 0 Å². The summed E-state index contributed by atoms with van der Waals surface area (Å²) < 4.78 is 0. The molecule has 2 unspecified atom stereocenters. The minimum absolute atomic E-state index is 0.686. The van der Waals surface area contributed by atoms with Gasteiger partial charge in [-0.3, -0.25) is 0 Å². The van der Waals surface area contributed by atoms with Gasteiger partial charge in [-0.05, 0) is 30.1 Å². The Balaban J connectivity index is 1.99. The van der Waals surface area contributed by atoms with E-state index in [2.05, 4.69) is 13.8 Å². The van der Waals surface area contributed by atoms with E-state index in [1.54, 1.807) is 6.42 Å². The topological polar surface area (TPSA) is 0 Å². The molecule has 0 aromatic carbocycles. The third-order valence-corrected chi connectivity index (χ3v) is 3.82. The van der Waals surface area contributed by atoms with E-state index in [1.807, 2.05) is 0 Å². The Morgan fingerprint density at radius 1 is 1.09 bits per heavy atom. The van der Waals surface area contributed by atoms with Crippen molar-refractivity contribution in [1.29, 1.82) is 0 Å². The van der Waals surface area contributed by atoms with Gasteiger partial charge in [-0.1, -0.05) is 39.5 Å². The number of rotatable bonds is 0. The molecule has 2 rings (SSSR count). The molecule has 0 aromatic heterocycles. The van der Waals surface area contributed by atoms with Gasteiger partial charge in [0.25, 0.3) is 0 Å². The monoisotopic (exact) mass is 152 g/mol. The van der Waals surface area contributed by atoms with Crippen LogP contribution in [0.5, 0.6) is 0 Å². The fraction of sp³-hybridized carbons (Fsp3) is 1.00. The van der Waals surface area contributed by atoms with Crippen molar-refractivity contribution in [3.8, 4) is 0 Å². The van der Waals surface area contributed by atoms with Crippen molar-refractivity contribution in [1.82, 2.24) is 0 Å². The Bertz CT molecular complexity index is 146. The molecule has 2 saturated carbocycles. The van der Waals surface area contributed by atoms with Crippen LogP contribution in [0.4, 0.5) is 0 Å². The summed E-state index contributed by atoms with van der Waals surface area (Å²) in [6.45, 7) is 4.95. The second-order valence-electron chi connectivity index (χ2n) is 5.19. The first kappa shape index (κ1) is 7.64. The van der Waals surface area contributed by atoms with E-state index in [0.29, 0.717) is 5.41 Å². The van der Waals surface area contributed by atoms with Crippen LogP contribution in [0.1, 0.15) is 52.4 Å². The van der Waals surface area contributed by atoms with Gasteiger partial charge in [0.05, 0.1) is 0 Å². The zero-order chi connectivity index (χ0) is 7.90. The van der Waals surface area contributed by atoms with Gasteiger partial charge in [-0.25, -0.2) is 0 Å². The van der Waals surface area contributed by atoms with Gasteiger partial charge in [0.2, 0.25) is 0 Å². The van der Waals surface area contributed by atoms with Gasteiger partial charge in [-0.15, -0.1) is 0 Å². The summed E-state index contributed by atoms with van der Waals surface area (Å²) in [5, 5.41) is 0. The molecule has 0 bridgehead atoms. The maximum absolute atomic E-state index is 2.48. The highest BCUT2D eigenvalue weighted by Crippen LogP contribution is 2.56. The standard InChI is InChI=1S/C11H20/c1-11(2)7-5-3-4-6-9-8-10(9)11/h9-10H,3-8H2,1-2H3. The molecule has 0 aromatic rings. The summed E-state index contributed by atoms with van der Waals surface area (Å²) in [4.78, 5) is 0. The molecule has 0 amide bonds. The van der Waals surface area contributed by atoms with Gasteiger partial charge in [-0.2, -0.15) is 0 Å². The van der Waals surface area contributed by atoms with Crippen LogP contribution in [0.3, 0.4) is 0 Å². The SMILES string of the molecule is CC1(C)CCCCCC2CC21. The maximum atomic E-state index is 2.48. The quantitative estimate of drug-likeness (QED) is 0.497. The Labute approximate surface area is 70.4 Å². The molecule has 2 aliphatic carbocycles. The Morgan fingerprint density at radius 3 is 2.73 bits per heavy atom. The lowest BCUT2D eigenvalue weighted by atomic mass is 9.79. The molecule has 2 aliphatic rings. The molecule has 0 saturated heterocycles. The van der Waals surface area contributed by atoms with E-state index >= 15 is 0 Å². The molecule has 0 heteroatoms. The molecule has 0 aliphatic heterocycles. The summed E-state index contributed by atoms with van der Waals surface area (Å²) in [5.41, 5.74) is 0.686. The highest BCUT2D eigenvalue weighted by molar-refractivity contribution is 4.96. The van der Waals surface area contributed by atoms with Crippen LogP contribution >= 0.6 is 0 Å². The highest BCUT2D eigenvalue weighted by atomic mass is 14.5. The average molecular weight is 152 g/mol. The molecule has 2 atom stereocenters. The first-order valence-corrected chi connectivity index (χ1v) is 5.20.